The normalized spacial score (nSPS) is 41.3. The van der Waals surface area contributed by atoms with E-state index in [0.29, 0.717) is 23.5 Å². The lowest BCUT2D eigenvalue weighted by Crippen LogP contribution is -2.65. The SMILES string of the molecule is CC1(C)CCC(=O)[C@]2(C)[C@H]3CC=C4[C@@H]5C[C@](C)(C(=O)OC(c6ccccc6)c6ccccc6)CC[C@]5(C)CC[C@@]4(C)[C@]3(C)CC[C@@H]12. The fourth-order valence-corrected chi connectivity index (χ4v) is 12.1. The maximum Gasteiger partial charge on any atom is 0.312 e. The smallest absolute Gasteiger partial charge is 0.312 e. The Morgan fingerprint density at radius 1 is 0.761 bits per heavy atom. The van der Waals surface area contributed by atoms with Gasteiger partial charge in [-0.2, -0.15) is 0 Å². The zero-order chi connectivity index (χ0) is 32.8. The molecule has 246 valence electrons. The predicted octanol–water partition coefficient (Wildman–Crippen LogP) is 10.7. The zero-order valence-electron chi connectivity index (χ0n) is 29.5. The molecule has 5 aliphatic rings. The van der Waals surface area contributed by atoms with E-state index in [1.54, 1.807) is 5.57 Å². The third kappa shape index (κ3) is 4.49. The van der Waals surface area contributed by atoms with Gasteiger partial charge in [0.05, 0.1) is 5.41 Å². The van der Waals surface area contributed by atoms with Crippen LogP contribution in [0.25, 0.3) is 0 Å². The van der Waals surface area contributed by atoms with E-state index in [4.69, 9.17) is 4.74 Å². The van der Waals surface area contributed by atoms with E-state index in [1.807, 2.05) is 36.4 Å². The number of esters is 1. The van der Waals surface area contributed by atoms with Crippen molar-refractivity contribution in [2.24, 2.45) is 50.2 Å². The van der Waals surface area contributed by atoms with Crippen LogP contribution in [-0.4, -0.2) is 11.8 Å². The number of hydrogen-bond acceptors (Lipinski definition) is 3. The molecule has 0 N–H and O–H groups in total. The topological polar surface area (TPSA) is 43.4 Å². The molecule has 4 fully saturated rings. The molecule has 8 atom stereocenters. The number of carbonyl (C=O) groups excluding carboxylic acids is 2. The van der Waals surface area contributed by atoms with Crippen molar-refractivity contribution in [1.82, 2.24) is 0 Å². The van der Waals surface area contributed by atoms with Gasteiger partial charge in [0.25, 0.3) is 0 Å². The van der Waals surface area contributed by atoms with Crippen molar-refractivity contribution in [3.8, 4) is 0 Å². The molecule has 3 heteroatoms. The first-order valence-electron chi connectivity index (χ1n) is 18.2. The summed E-state index contributed by atoms with van der Waals surface area (Å²) in [5.74, 6) is 1.64. The first-order valence-corrected chi connectivity index (χ1v) is 18.2. The second-order valence-corrected chi connectivity index (χ2v) is 18.1. The number of ether oxygens (including phenoxy) is 1. The molecular formula is C43H56O3. The molecule has 0 radical (unpaired) electrons. The molecule has 4 saturated carbocycles. The fraction of sp³-hybridized carbons (Fsp3) is 0.628. The van der Waals surface area contributed by atoms with Gasteiger partial charge in [0.15, 0.2) is 6.10 Å². The van der Waals surface area contributed by atoms with Crippen LogP contribution in [0.1, 0.15) is 130 Å². The van der Waals surface area contributed by atoms with Crippen LogP contribution in [0.15, 0.2) is 72.3 Å². The molecule has 2 aromatic carbocycles. The predicted molar refractivity (Wildman–Crippen MR) is 185 cm³/mol. The van der Waals surface area contributed by atoms with E-state index >= 15 is 0 Å². The Balaban J connectivity index is 1.21. The number of allylic oxidation sites excluding steroid dienone is 2. The second kappa shape index (κ2) is 10.7. The number of benzene rings is 2. The van der Waals surface area contributed by atoms with Crippen LogP contribution in [-0.2, 0) is 14.3 Å². The monoisotopic (exact) mass is 620 g/mol. The fourth-order valence-electron chi connectivity index (χ4n) is 12.1. The van der Waals surface area contributed by atoms with Crippen molar-refractivity contribution in [3.05, 3.63) is 83.4 Å². The largest absolute Gasteiger partial charge is 0.452 e. The van der Waals surface area contributed by atoms with Crippen LogP contribution in [0.3, 0.4) is 0 Å². The molecule has 0 aromatic heterocycles. The van der Waals surface area contributed by atoms with Crippen molar-refractivity contribution >= 4 is 11.8 Å². The summed E-state index contributed by atoms with van der Waals surface area (Å²) in [5, 5.41) is 0. The number of carbonyl (C=O) groups is 2. The number of Topliss-reactive ketones (excluding diaryl/α,β-unsaturated/α-hetero) is 1. The van der Waals surface area contributed by atoms with E-state index in [1.165, 1.54) is 19.3 Å². The number of fused-ring (bicyclic) bond motifs is 7. The summed E-state index contributed by atoms with van der Waals surface area (Å²) in [6.07, 6.45) is 12.4. The summed E-state index contributed by atoms with van der Waals surface area (Å²) >= 11 is 0. The van der Waals surface area contributed by atoms with E-state index in [9.17, 15) is 9.59 Å². The van der Waals surface area contributed by atoms with Crippen molar-refractivity contribution in [2.75, 3.05) is 0 Å². The van der Waals surface area contributed by atoms with E-state index in [2.05, 4.69) is 78.8 Å². The molecule has 0 saturated heterocycles. The molecule has 2 aromatic rings. The minimum atomic E-state index is -0.546. The Bertz CT molecular complexity index is 1500. The highest BCUT2D eigenvalue weighted by Gasteiger charge is 2.69. The Kier molecular flexibility index (Phi) is 7.39. The van der Waals surface area contributed by atoms with Gasteiger partial charge in [0.1, 0.15) is 5.78 Å². The number of hydrogen-bond donors (Lipinski definition) is 0. The lowest BCUT2D eigenvalue weighted by Gasteiger charge is -2.70. The van der Waals surface area contributed by atoms with Crippen molar-refractivity contribution < 1.29 is 14.3 Å². The number of ketones is 1. The van der Waals surface area contributed by atoms with Crippen LogP contribution in [0.5, 0.6) is 0 Å². The van der Waals surface area contributed by atoms with Crippen LogP contribution >= 0.6 is 0 Å². The maximum atomic E-state index is 14.4. The highest BCUT2D eigenvalue weighted by molar-refractivity contribution is 5.86. The van der Waals surface area contributed by atoms with Gasteiger partial charge in [-0.1, -0.05) is 114 Å². The van der Waals surface area contributed by atoms with Crippen molar-refractivity contribution in [1.29, 1.82) is 0 Å². The molecule has 46 heavy (non-hydrogen) atoms. The lowest BCUT2D eigenvalue weighted by atomic mass is 9.33. The Morgan fingerprint density at radius 2 is 1.37 bits per heavy atom. The van der Waals surface area contributed by atoms with Gasteiger partial charge in [-0.25, -0.2) is 0 Å². The van der Waals surface area contributed by atoms with Crippen LogP contribution in [0.4, 0.5) is 0 Å². The molecule has 0 heterocycles. The molecule has 5 aliphatic carbocycles. The molecule has 3 nitrogen and oxygen atoms in total. The van der Waals surface area contributed by atoms with Crippen LogP contribution in [0.2, 0.25) is 0 Å². The van der Waals surface area contributed by atoms with Gasteiger partial charge < -0.3 is 4.74 Å². The molecule has 0 spiro atoms. The maximum absolute atomic E-state index is 14.4. The Morgan fingerprint density at radius 3 is 2.00 bits per heavy atom. The van der Waals surface area contributed by atoms with Crippen molar-refractivity contribution in [2.45, 2.75) is 119 Å². The first-order chi connectivity index (χ1) is 21.7. The Labute approximate surface area is 278 Å². The average molecular weight is 621 g/mol. The first kappa shape index (κ1) is 31.9. The summed E-state index contributed by atoms with van der Waals surface area (Å²) in [6.45, 7) is 17.0. The number of rotatable bonds is 4. The van der Waals surface area contributed by atoms with Crippen molar-refractivity contribution in [3.63, 3.8) is 0 Å². The quantitative estimate of drug-likeness (QED) is 0.252. The average Bonchev–Trinajstić information content (AvgIpc) is 3.04. The highest BCUT2D eigenvalue weighted by atomic mass is 16.5. The van der Waals surface area contributed by atoms with Gasteiger partial charge in [0.2, 0.25) is 0 Å². The van der Waals surface area contributed by atoms with Crippen LogP contribution < -0.4 is 0 Å². The van der Waals surface area contributed by atoms with Gasteiger partial charge in [-0.15, -0.1) is 0 Å². The minimum absolute atomic E-state index is 0.0364. The standard InChI is InChI=1S/C43H56O3/c1-38(2)22-21-35(44)43(7)33(38)20-23-42(6)34(43)19-18-31-32-28-40(4,25-24-39(32,3)26-27-41(31,42)5)37(45)46-36(29-14-10-8-11-15-29)30-16-12-9-13-17-30/h8-18,32-34,36H,19-28H2,1-7H3/t32-,33-,34-,39+,40+,41+,42+,43-/m0/s1. The van der Waals surface area contributed by atoms with E-state index < -0.39 is 11.5 Å². The zero-order valence-corrected chi connectivity index (χ0v) is 29.5. The molecular weight excluding hydrogens is 564 g/mol. The van der Waals surface area contributed by atoms with Gasteiger partial charge in [-0.05, 0) is 115 Å². The summed E-state index contributed by atoms with van der Waals surface area (Å²) in [7, 11) is 0. The second-order valence-electron chi connectivity index (χ2n) is 18.1. The van der Waals surface area contributed by atoms with E-state index in [-0.39, 0.29) is 33.0 Å². The highest BCUT2D eigenvalue weighted by Crippen LogP contribution is 2.75. The van der Waals surface area contributed by atoms with Gasteiger partial charge in [-0.3, -0.25) is 9.59 Å². The third-order valence-corrected chi connectivity index (χ3v) is 15.4. The molecule has 0 amide bonds. The lowest BCUT2D eigenvalue weighted by molar-refractivity contribution is -0.188. The van der Waals surface area contributed by atoms with Gasteiger partial charge in [0, 0.05) is 11.8 Å². The van der Waals surface area contributed by atoms with E-state index in [0.717, 1.165) is 56.1 Å². The molecule has 0 unspecified atom stereocenters. The molecule has 7 rings (SSSR count). The molecule has 0 bridgehead atoms. The summed E-state index contributed by atoms with van der Waals surface area (Å²) in [6, 6.07) is 20.4. The molecule has 0 aliphatic heterocycles. The summed E-state index contributed by atoms with van der Waals surface area (Å²) in [5.41, 5.74) is 3.34. The third-order valence-electron chi connectivity index (χ3n) is 15.4. The summed E-state index contributed by atoms with van der Waals surface area (Å²) < 4.78 is 6.55. The summed E-state index contributed by atoms with van der Waals surface area (Å²) in [4.78, 5) is 28.4. The Hall–Kier alpha value is -2.68. The minimum Gasteiger partial charge on any atom is -0.452 e. The van der Waals surface area contributed by atoms with Crippen LogP contribution in [0, 0.1) is 50.2 Å². The van der Waals surface area contributed by atoms with Gasteiger partial charge >= 0.3 is 5.97 Å².